The van der Waals surface area contributed by atoms with Crippen molar-refractivity contribution in [3.8, 4) is 0 Å². The zero-order valence-corrected chi connectivity index (χ0v) is 19.8. The number of carbonyl (C=O) groups excluding carboxylic acids is 1. The Bertz CT molecular complexity index is 1290. The number of anilines is 1. The summed E-state index contributed by atoms with van der Waals surface area (Å²) in [4.78, 5) is 12.8. The molecular formula is C24H26N2O5S2. The molecule has 0 saturated carbocycles. The van der Waals surface area contributed by atoms with Gasteiger partial charge in [-0.1, -0.05) is 42.5 Å². The van der Waals surface area contributed by atoms with E-state index in [2.05, 4.69) is 5.32 Å². The third-order valence-electron chi connectivity index (χ3n) is 4.99. The molecule has 33 heavy (non-hydrogen) atoms. The van der Waals surface area contributed by atoms with E-state index in [1.165, 1.54) is 40.7 Å². The Morgan fingerprint density at radius 1 is 0.818 bits per heavy atom. The predicted molar refractivity (Wildman–Crippen MR) is 129 cm³/mol. The van der Waals surface area contributed by atoms with Crippen LogP contribution in [-0.2, 0) is 19.9 Å². The molecule has 1 N–H and O–H groups in total. The first-order chi connectivity index (χ1) is 15.8. The number of benzene rings is 3. The standard InChI is InChI=1S/C24H26N2O5S2/c1-2-26(21-12-5-3-6-13-21)33(30,31)23-16-9-11-20(19-23)24(27)25-17-10-18-32(28,29)22-14-7-4-8-15-22/h3-9,11-16,19H,2,10,17-18H2,1H3,(H,25,27). The van der Waals surface area contributed by atoms with Gasteiger partial charge in [-0.2, -0.15) is 0 Å². The minimum Gasteiger partial charge on any atom is -0.352 e. The smallest absolute Gasteiger partial charge is 0.264 e. The van der Waals surface area contributed by atoms with E-state index in [0.717, 1.165) is 0 Å². The van der Waals surface area contributed by atoms with Gasteiger partial charge in [-0.05, 0) is 55.8 Å². The predicted octanol–water partition coefficient (Wildman–Crippen LogP) is 3.50. The molecule has 7 nitrogen and oxygen atoms in total. The maximum absolute atomic E-state index is 13.2. The van der Waals surface area contributed by atoms with Crippen LogP contribution in [0.5, 0.6) is 0 Å². The third kappa shape index (κ3) is 6.00. The first-order valence-electron chi connectivity index (χ1n) is 10.5. The Morgan fingerprint density at radius 3 is 2.06 bits per heavy atom. The SMILES string of the molecule is CCN(c1ccccc1)S(=O)(=O)c1cccc(C(=O)NCCCS(=O)(=O)c2ccccc2)c1. The molecule has 0 atom stereocenters. The van der Waals surface area contributed by atoms with Crippen molar-refractivity contribution < 1.29 is 21.6 Å². The zero-order chi connectivity index (χ0) is 23.9. The highest BCUT2D eigenvalue weighted by molar-refractivity contribution is 7.92. The molecule has 0 aliphatic carbocycles. The van der Waals surface area contributed by atoms with E-state index in [1.807, 2.05) is 0 Å². The molecule has 1 amide bonds. The second kappa shape index (κ2) is 10.6. The molecule has 0 aliphatic heterocycles. The van der Waals surface area contributed by atoms with Crippen molar-refractivity contribution >= 4 is 31.5 Å². The van der Waals surface area contributed by atoms with Crippen LogP contribution < -0.4 is 9.62 Å². The highest BCUT2D eigenvalue weighted by Crippen LogP contribution is 2.23. The van der Waals surface area contributed by atoms with Gasteiger partial charge >= 0.3 is 0 Å². The van der Waals surface area contributed by atoms with Crippen LogP contribution in [0.25, 0.3) is 0 Å². The number of carbonyl (C=O) groups is 1. The quantitative estimate of drug-likeness (QED) is 0.442. The maximum Gasteiger partial charge on any atom is 0.264 e. The van der Waals surface area contributed by atoms with Crippen LogP contribution >= 0.6 is 0 Å². The summed E-state index contributed by atoms with van der Waals surface area (Å²) < 4.78 is 52.3. The molecule has 0 aromatic heterocycles. The third-order valence-corrected chi connectivity index (χ3v) is 8.71. The molecule has 3 rings (SSSR count). The second-order valence-corrected chi connectivity index (χ2v) is 11.2. The van der Waals surface area contributed by atoms with E-state index in [4.69, 9.17) is 0 Å². The number of rotatable bonds is 10. The Hall–Kier alpha value is -3.17. The van der Waals surface area contributed by atoms with Crippen molar-refractivity contribution in [1.29, 1.82) is 0 Å². The number of nitrogens with one attached hydrogen (secondary N) is 1. The highest BCUT2D eigenvalue weighted by atomic mass is 32.2. The van der Waals surface area contributed by atoms with E-state index in [9.17, 15) is 21.6 Å². The number of para-hydroxylation sites is 1. The van der Waals surface area contributed by atoms with E-state index in [1.54, 1.807) is 55.5 Å². The minimum atomic E-state index is -3.86. The Labute approximate surface area is 195 Å². The summed E-state index contributed by atoms with van der Waals surface area (Å²) in [5.41, 5.74) is 0.723. The van der Waals surface area contributed by atoms with Crippen LogP contribution in [0.4, 0.5) is 5.69 Å². The van der Waals surface area contributed by atoms with Crippen molar-refractivity contribution in [3.63, 3.8) is 0 Å². The number of sulfonamides is 1. The molecule has 0 spiro atoms. The molecule has 0 radical (unpaired) electrons. The fourth-order valence-corrected chi connectivity index (χ4v) is 6.17. The highest BCUT2D eigenvalue weighted by Gasteiger charge is 2.24. The minimum absolute atomic E-state index is 0.00695. The van der Waals surface area contributed by atoms with E-state index in [0.29, 0.717) is 5.69 Å². The van der Waals surface area contributed by atoms with Gasteiger partial charge in [0.25, 0.3) is 15.9 Å². The Balaban J connectivity index is 1.66. The Kier molecular flexibility index (Phi) is 7.88. The van der Waals surface area contributed by atoms with Crippen LogP contribution in [0.1, 0.15) is 23.7 Å². The molecule has 0 bridgehead atoms. The van der Waals surface area contributed by atoms with Gasteiger partial charge < -0.3 is 5.32 Å². The summed E-state index contributed by atoms with van der Waals surface area (Å²) in [6.45, 7) is 2.12. The molecule has 3 aromatic carbocycles. The monoisotopic (exact) mass is 486 g/mol. The van der Waals surface area contributed by atoms with Crippen molar-refractivity contribution in [3.05, 3.63) is 90.5 Å². The van der Waals surface area contributed by atoms with Crippen LogP contribution in [-0.4, -0.2) is 41.6 Å². The molecule has 174 valence electrons. The van der Waals surface area contributed by atoms with Gasteiger partial charge in [-0.3, -0.25) is 9.10 Å². The van der Waals surface area contributed by atoms with Gasteiger partial charge in [0.1, 0.15) is 0 Å². The normalized spacial score (nSPS) is 11.7. The van der Waals surface area contributed by atoms with Crippen LogP contribution in [0, 0.1) is 0 Å². The maximum atomic E-state index is 13.2. The van der Waals surface area contributed by atoms with E-state index < -0.39 is 25.8 Å². The van der Waals surface area contributed by atoms with Crippen molar-refractivity contribution in [1.82, 2.24) is 5.32 Å². The van der Waals surface area contributed by atoms with Gasteiger partial charge in [0.2, 0.25) is 0 Å². The van der Waals surface area contributed by atoms with Gasteiger partial charge in [-0.15, -0.1) is 0 Å². The van der Waals surface area contributed by atoms with Gasteiger partial charge in [0, 0.05) is 18.7 Å². The summed E-state index contributed by atoms with van der Waals surface area (Å²) in [5, 5.41) is 2.66. The van der Waals surface area contributed by atoms with Crippen LogP contribution in [0.2, 0.25) is 0 Å². The average Bonchev–Trinajstić information content (AvgIpc) is 2.83. The molecular weight excluding hydrogens is 460 g/mol. The van der Waals surface area contributed by atoms with Crippen LogP contribution in [0.15, 0.2) is 94.7 Å². The number of sulfone groups is 1. The lowest BCUT2D eigenvalue weighted by Crippen LogP contribution is -2.31. The van der Waals surface area contributed by atoms with Crippen molar-refractivity contribution in [2.75, 3.05) is 23.1 Å². The van der Waals surface area contributed by atoms with E-state index in [-0.39, 0.29) is 40.6 Å². The van der Waals surface area contributed by atoms with Gasteiger partial charge in [-0.25, -0.2) is 16.8 Å². The second-order valence-electron chi connectivity index (χ2n) is 7.27. The summed E-state index contributed by atoms with van der Waals surface area (Å²) in [5.74, 6) is -0.569. The fourth-order valence-electron chi connectivity index (χ4n) is 3.32. The topological polar surface area (TPSA) is 101 Å². The lowest BCUT2D eigenvalue weighted by atomic mass is 10.2. The zero-order valence-electron chi connectivity index (χ0n) is 18.2. The van der Waals surface area contributed by atoms with Crippen LogP contribution in [0.3, 0.4) is 0 Å². The number of hydrogen-bond donors (Lipinski definition) is 1. The number of amides is 1. The largest absolute Gasteiger partial charge is 0.352 e. The summed E-state index contributed by atoms with van der Waals surface area (Å²) >= 11 is 0. The first kappa shape index (κ1) is 24.5. The molecule has 0 unspecified atom stereocenters. The van der Waals surface area contributed by atoms with Crippen molar-refractivity contribution in [2.24, 2.45) is 0 Å². The lowest BCUT2D eigenvalue weighted by Gasteiger charge is -2.23. The molecule has 3 aromatic rings. The summed E-state index contributed by atoms with van der Waals surface area (Å²) in [6.07, 6.45) is 0.235. The Morgan fingerprint density at radius 2 is 1.42 bits per heavy atom. The van der Waals surface area contributed by atoms with E-state index >= 15 is 0 Å². The molecule has 9 heteroatoms. The number of nitrogens with zero attached hydrogens (tertiary/aromatic N) is 1. The molecule has 0 heterocycles. The average molecular weight is 487 g/mol. The van der Waals surface area contributed by atoms with Crippen molar-refractivity contribution in [2.45, 2.75) is 23.1 Å². The van der Waals surface area contributed by atoms with Gasteiger partial charge in [0.05, 0.1) is 21.2 Å². The lowest BCUT2D eigenvalue weighted by molar-refractivity contribution is 0.0953. The summed E-state index contributed by atoms with van der Waals surface area (Å²) in [6, 6.07) is 22.7. The molecule has 0 fully saturated rings. The molecule has 0 saturated heterocycles. The molecule has 0 aliphatic rings. The number of hydrogen-bond acceptors (Lipinski definition) is 5. The first-order valence-corrected chi connectivity index (χ1v) is 13.6. The van der Waals surface area contributed by atoms with Gasteiger partial charge in [0.15, 0.2) is 9.84 Å². The fraction of sp³-hybridized carbons (Fsp3) is 0.208. The summed E-state index contributed by atoms with van der Waals surface area (Å²) in [7, 11) is -7.29.